The highest BCUT2D eigenvalue weighted by Gasteiger charge is 2.21. The van der Waals surface area contributed by atoms with E-state index in [0.717, 1.165) is 22.5 Å². The number of carbonyl (C=O) groups excluding carboxylic acids is 1. The number of rotatable bonds is 3. The number of pyridine rings is 2. The van der Waals surface area contributed by atoms with Crippen LogP contribution < -0.4 is 9.64 Å². The van der Waals surface area contributed by atoms with Gasteiger partial charge in [-0.15, -0.1) is 6.42 Å². The first kappa shape index (κ1) is 20.3. The van der Waals surface area contributed by atoms with Crippen molar-refractivity contribution in [1.82, 2.24) is 19.5 Å². The van der Waals surface area contributed by atoms with E-state index < -0.39 is 0 Å². The van der Waals surface area contributed by atoms with Gasteiger partial charge in [0.1, 0.15) is 11.9 Å². The van der Waals surface area contributed by atoms with Crippen LogP contribution in [0.1, 0.15) is 5.56 Å². The van der Waals surface area contributed by atoms with E-state index in [9.17, 15) is 10.1 Å². The number of amides is 1. The van der Waals surface area contributed by atoms with Gasteiger partial charge >= 0.3 is 0 Å². The molecule has 9 heteroatoms. The molecule has 1 amide bonds. The molecule has 0 spiro atoms. The Bertz CT molecular complexity index is 1430. The molecule has 1 aliphatic heterocycles. The summed E-state index contributed by atoms with van der Waals surface area (Å²) < 4.78 is 9.04. The zero-order chi connectivity index (χ0) is 22.9. The van der Waals surface area contributed by atoms with Crippen LogP contribution in [0.4, 0.5) is 5.82 Å². The zero-order valence-corrected chi connectivity index (χ0v) is 18.0. The summed E-state index contributed by atoms with van der Waals surface area (Å²) in [6.45, 7) is 2.46. The Morgan fingerprint density at radius 3 is 2.64 bits per heavy atom. The van der Waals surface area contributed by atoms with E-state index in [0.29, 0.717) is 43.0 Å². The molecule has 0 N–H and O–H groups in total. The number of anilines is 1. The Morgan fingerprint density at radius 1 is 1.18 bits per heavy atom. The first-order valence-corrected chi connectivity index (χ1v) is 10.4. The molecule has 4 aromatic heterocycles. The van der Waals surface area contributed by atoms with Crippen molar-refractivity contribution < 1.29 is 14.1 Å². The van der Waals surface area contributed by atoms with Crippen LogP contribution in [0.5, 0.6) is 0 Å². The fourth-order valence-electron chi connectivity index (χ4n) is 4.06. The lowest BCUT2D eigenvalue weighted by Crippen LogP contribution is -2.48. The van der Waals surface area contributed by atoms with E-state index in [2.05, 4.69) is 27.0 Å². The number of carbonyl (C=O) groups is 1. The lowest BCUT2D eigenvalue weighted by Gasteiger charge is -2.34. The minimum Gasteiger partial charge on any atom is -0.353 e. The van der Waals surface area contributed by atoms with E-state index in [1.807, 2.05) is 43.7 Å². The second kappa shape index (κ2) is 8.13. The molecule has 162 valence electrons. The molecule has 0 bridgehead atoms. The van der Waals surface area contributed by atoms with Crippen molar-refractivity contribution in [3.8, 4) is 40.9 Å². The van der Waals surface area contributed by atoms with Crippen LogP contribution in [-0.2, 0) is 11.8 Å². The third kappa shape index (κ3) is 3.66. The monoisotopic (exact) mass is 438 g/mol. The Balaban J connectivity index is 1.49. The number of hydrogen-bond acceptors (Lipinski definition) is 6. The average Bonchev–Trinajstić information content (AvgIpc) is 3.49. The van der Waals surface area contributed by atoms with Crippen LogP contribution in [0.2, 0.25) is 0 Å². The number of aromatic nitrogens is 4. The Morgan fingerprint density at radius 2 is 2.00 bits per heavy atom. The number of nitrogens with zero attached hydrogens (tertiary/aromatic N) is 7. The highest BCUT2D eigenvalue weighted by molar-refractivity contribution is 5.93. The molecule has 5 rings (SSSR count). The average molecular weight is 438 g/mol. The van der Waals surface area contributed by atoms with Crippen molar-refractivity contribution in [3.63, 3.8) is 0 Å². The molecule has 1 aliphatic rings. The maximum Gasteiger partial charge on any atom is 0.298 e. The molecule has 0 aliphatic carbocycles. The maximum atomic E-state index is 11.7. The van der Waals surface area contributed by atoms with Crippen molar-refractivity contribution in [1.29, 1.82) is 5.26 Å². The summed E-state index contributed by atoms with van der Waals surface area (Å²) in [5.74, 6) is 3.41. The highest BCUT2D eigenvalue weighted by Crippen LogP contribution is 2.32. The Labute approximate surface area is 190 Å². The molecular formula is C24H20N7O2+. The SMILES string of the molecule is C#CC(=O)N1CCN(c2ccc(-c3cc(-c4cc[n+](C)o4)cn4ncc(C#N)c34)cn2)CC1. The van der Waals surface area contributed by atoms with E-state index in [-0.39, 0.29) is 5.91 Å². The van der Waals surface area contributed by atoms with Gasteiger partial charge in [0.15, 0.2) is 7.05 Å². The molecule has 0 unspecified atom stereocenters. The maximum absolute atomic E-state index is 11.7. The molecule has 5 heterocycles. The first-order chi connectivity index (χ1) is 16.1. The number of nitriles is 1. The third-order valence-corrected chi connectivity index (χ3v) is 5.77. The number of fused-ring (bicyclic) bond motifs is 1. The van der Waals surface area contributed by atoms with Crippen LogP contribution in [0.3, 0.4) is 0 Å². The predicted molar refractivity (Wildman–Crippen MR) is 120 cm³/mol. The minimum absolute atomic E-state index is 0.277. The summed E-state index contributed by atoms with van der Waals surface area (Å²) in [5.41, 5.74) is 3.74. The van der Waals surface area contributed by atoms with Crippen molar-refractivity contribution in [3.05, 3.63) is 54.6 Å². The highest BCUT2D eigenvalue weighted by atomic mass is 16.5. The number of aryl methyl sites for hydroxylation is 1. The van der Waals surface area contributed by atoms with Crippen LogP contribution >= 0.6 is 0 Å². The third-order valence-electron chi connectivity index (χ3n) is 5.77. The van der Waals surface area contributed by atoms with Gasteiger partial charge in [-0.05, 0) is 28.9 Å². The number of terminal acetylenes is 1. The summed E-state index contributed by atoms with van der Waals surface area (Å²) >= 11 is 0. The summed E-state index contributed by atoms with van der Waals surface area (Å²) in [4.78, 5) is 20.2. The largest absolute Gasteiger partial charge is 0.353 e. The molecule has 1 saturated heterocycles. The van der Waals surface area contributed by atoms with Crippen LogP contribution in [-0.4, -0.2) is 51.6 Å². The van der Waals surface area contributed by atoms with Gasteiger partial charge in [0, 0.05) is 55.3 Å². The smallest absolute Gasteiger partial charge is 0.298 e. The first-order valence-electron chi connectivity index (χ1n) is 10.4. The van der Waals surface area contributed by atoms with E-state index in [1.165, 1.54) is 0 Å². The van der Waals surface area contributed by atoms with Crippen LogP contribution in [0.25, 0.3) is 28.0 Å². The summed E-state index contributed by atoms with van der Waals surface area (Å²) in [7, 11) is 1.82. The van der Waals surface area contributed by atoms with Crippen LogP contribution in [0, 0.1) is 23.7 Å². The normalized spacial score (nSPS) is 13.7. The van der Waals surface area contributed by atoms with Gasteiger partial charge in [0.25, 0.3) is 5.91 Å². The molecule has 0 radical (unpaired) electrons. The standard InChI is InChI=1S/C24H20N7O2/c1-3-23(32)30-10-8-29(9-11-30)22-5-4-17(14-26-22)20-12-18(21-6-7-28(2)33-21)16-31-24(20)19(13-25)15-27-31/h1,4-7,12,14-16H,8-11H2,2H3/q+1. The van der Waals surface area contributed by atoms with Crippen molar-refractivity contribution >= 4 is 17.2 Å². The molecule has 0 atom stereocenters. The van der Waals surface area contributed by atoms with E-state index in [4.69, 9.17) is 10.9 Å². The lowest BCUT2D eigenvalue weighted by molar-refractivity contribution is -0.843. The zero-order valence-electron chi connectivity index (χ0n) is 18.0. The minimum atomic E-state index is -0.277. The van der Waals surface area contributed by atoms with Gasteiger partial charge in [-0.25, -0.2) is 14.0 Å². The van der Waals surface area contributed by atoms with Gasteiger partial charge in [-0.3, -0.25) is 4.79 Å². The van der Waals surface area contributed by atoms with E-state index in [1.54, 1.807) is 26.5 Å². The topological polar surface area (TPSA) is 94.5 Å². The summed E-state index contributed by atoms with van der Waals surface area (Å²) in [5, 5.41) is 13.9. The fourth-order valence-corrected chi connectivity index (χ4v) is 4.06. The predicted octanol–water partition coefficient (Wildman–Crippen LogP) is 1.63. The number of hydrogen-bond donors (Lipinski definition) is 0. The Kier molecular flexibility index (Phi) is 5.00. The molecular weight excluding hydrogens is 418 g/mol. The van der Waals surface area contributed by atoms with Crippen LogP contribution in [0.15, 0.2) is 53.6 Å². The summed E-state index contributed by atoms with van der Waals surface area (Å²) in [6, 6.07) is 10.0. The Hall–Kier alpha value is -4.63. The van der Waals surface area contributed by atoms with Crippen molar-refractivity contribution in [2.45, 2.75) is 0 Å². The van der Waals surface area contributed by atoms with Crippen molar-refractivity contribution in [2.75, 3.05) is 31.1 Å². The quantitative estimate of drug-likeness (QED) is 0.357. The number of piperazine rings is 1. The molecule has 0 saturated carbocycles. The van der Waals surface area contributed by atoms with Gasteiger partial charge in [0.2, 0.25) is 12.0 Å². The molecule has 9 nitrogen and oxygen atoms in total. The molecule has 4 aromatic rings. The molecule has 1 fully saturated rings. The lowest BCUT2D eigenvalue weighted by atomic mass is 10.0. The molecule has 0 aromatic carbocycles. The van der Waals surface area contributed by atoms with Gasteiger partial charge in [0.05, 0.1) is 23.3 Å². The molecule has 33 heavy (non-hydrogen) atoms. The fraction of sp³-hybridized carbons (Fsp3) is 0.208. The van der Waals surface area contributed by atoms with Gasteiger partial charge < -0.3 is 9.80 Å². The second-order valence-corrected chi connectivity index (χ2v) is 7.75. The van der Waals surface area contributed by atoms with Gasteiger partial charge in [-0.1, -0.05) is 0 Å². The van der Waals surface area contributed by atoms with Gasteiger partial charge in [-0.2, -0.15) is 10.4 Å². The summed E-state index contributed by atoms with van der Waals surface area (Å²) in [6.07, 6.45) is 12.2. The second-order valence-electron chi connectivity index (χ2n) is 7.75. The van der Waals surface area contributed by atoms with E-state index >= 15 is 0 Å². The van der Waals surface area contributed by atoms with Crippen molar-refractivity contribution in [2.24, 2.45) is 7.05 Å².